The highest BCUT2D eigenvalue weighted by Gasteiger charge is 2.09. The van der Waals surface area contributed by atoms with Crippen molar-refractivity contribution < 1.29 is 5.11 Å². The summed E-state index contributed by atoms with van der Waals surface area (Å²) in [6.45, 7) is 2.79. The normalized spacial score (nSPS) is 12.7. The summed E-state index contributed by atoms with van der Waals surface area (Å²) in [5.74, 6) is 0.337. The van der Waals surface area contributed by atoms with Crippen LogP contribution in [0.2, 0.25) is 0 Å². The first-order valence-electron chi connectivity index (χ1n) is 6.82. The van der Waals surface area contributed by atoms with E-state index in [0.29, 0.717) is 5.75 Å². The number of fused-ring (bicyclic) bond motifs is 1. The average Bonchev–Trinajstić information content (AvgIpc) is 2.88. The van der Waals surface area contributed by atoms with E-state index in [2.05, 4.69) is 35.4 Å². The molecule has 0 aliphatic heterocycles. The van der Waals surface area contributed by atoms with Crippen LogP contribution in [0.3, 0.4) is 0 Å². The zero-order valence-electron chi connectivity index (χ0n) is 11.4. The molecule has 0 spiro atoms. The van der Waals surface area contributed by atoms with E-state index in [1.807, 2.05) is 30.3 Å². The molecule has 0 aliphatic carbocycles. The molecular weight excluding hydrogens is 248 g/mol. The van der Waals surface area contributed by atoms with E-state index in [9.17, 15) is 5.11 Å². The molecule has 0 amide bonds. The Bertz CT molecular complexity index is 685. The molecule has 2 aromatic carbocycles. The zero-order valence-corrected chi connectivity index (χ0v) is 11.4. The summed E-state index contributed by atoms with van der Waals surface area (Å²) in [5, 5.41) is 14.5. The number of benzene rings is 2. The van der Waals surface area contributed by atoms with Crippen LogP contribution >= 0.6 is 0 Å². The minimum atomic E-state index is 0.0996. The Labute approximate surface area is 118 Å². The van der Waals surface area contributed by atoms with Crippen molar-refractivity contribution in [2.24, 2.45) is 0 Å². The Kier molecular flexibility index (Phi) is 3.44. The highest BCUT2D eigenvalue weighted by Crippen LogP contribution is 2.23. The van der Waals surface area contributed by atoms with Crippen molar-refractivity contribution >= 4 is 10.9 Å². The molecule has 1 unspecified atom stereocenters. The molecule has 0 fully saturated rings. The quantitative estimate of drug-likeness (QED) is 0.674. The number of phenolic OH excluding ortho intramolecular Hbond substituents is 1. The van der Waals surface area contributed by atoms with Gasteiger partial charge in [0.25, 0.3) is 0 Å². The van der Waals surface area contributed by atoms with E-state index < -0.39 is 0 Å². The van der Waals surface area contributed by atoms with Crippen molar-refractivity contribution in [1.29, 1.82) is 0 Å². The molecule has 0 saturated heterocycles. The maximum absolute atomic E-state index is 9.84. The largest absolute Gasteiger partial charge is 0.508 e. The summed E-state index contributed by atoms with van der Waals surface area (Å²) in [6.07, 6.45) is 0. The molecular formula is C17H18N2O. The second-order valence-corrected chi connectivity index (χ2v) is 5.04. The third-order valence-corrected chi connectivity index (χ3v) is 3.59. The highest BCUT2D eigenvalue weighted by molar-refractivity contribution is 5.80. The van der Waals surface area contributed by atoms with Crippen molar-refractivity contribution in [1.82, 2.24) is 10.3 Å². The molecule has 0 radical (unpaired) electrons. The number of para-hydroxylation sites is 2. The molecule has 1 aromatic heterocycles. The lowest BCUT2D eigenvalue weighted by Gasteiger charge is -2.14. The predicted molar refractivity (Wildman–Crippen MR) is 81.7 cm³/mol. The maximum Gasteiger partial charge on any atom is 0.120 e. The summed E-state index contributed by atoms with van der Waals surface area (Å²) in [7, 11) is 0. The van der Waals surface area contributed by atoms with Crippen LogP contribution in [0.5, 0.6) is 5.75 Å². The van der Waals surface area contributed by atoms with Crippen LogP contribution in [0.1, 0.15) is 24.2 Å². The highest BCUT2D eigenvalue weighted by atomic mass is 16.3. The van der Waals surface area contributed by atoms with Gasteiger partial charge in [-0.25, -0.2) is 0 Å². The average molecular weight is 266 g/mol. The lowest BCUT2D eigenvalue weighted by molar-refractivity contribution is 0.452. The third kappa shape index (κ3) is 2.53. The van der Waals surface area contributed by atoms with E-state index in [4.69, 9.17) is 0 Å². The fraction of sp³-hybridized carbons (Fsp3) is 0.176. The standard InChI is InChI=1S/C17H18N2O/c1-12(15-7-3-5-9-17(15)20)18-11-14-10-13-6-2-4-8-16(13)19-14/h2-10,12,18-20H,11H2,1H3. The van der Waals surface area contributed by atoms with Crippen LogP contribution in [0.25, 0.3) is 10.9 Å². The molecule has 3 rings (SSSR count). The lowest BCUT2D eigenvalue weighted by Crippen LogP contribution is -2.18. The summed E-state index contributed by atoms with van der Waals surface area (Å²) in [5.41, 5.74) is 3.22. The number of rotatable bonds is 4. The lowest BCUT2D eigenvalue weighted by atomic mass is 10.1. The molecule has 3 nitrogen and oxygen atoms in total. The van der Waals surface area contributed by atoms with Gasteiger partial charge in [0.15, 0.2) is 0 Å². The monoisotopic (exact) mass is 266 g/mol. The molecule has 0 aliphatic rings. The van der Waals surface area contributed by atoms with Crippen molar-refractivity contribution in [3.8, 4) is 5.75 Å². The van der Waals surface area contributed by atoms with Crippen LogP contribution in [0, 0.1) is 0 Å². The first kappa shape index (κ1) is 12.8. The molecule has 1 heterocycles. The van der Waals surface area contributed by atoms with Gasteiger partial charge in [-0.2, -0.15) is 0 Å². The van der Waals surface area contributed by atoms with Crippen molar-refractivity contribution in [3.05, 3.63) is 65.9 Å². The number of hydrogen-bond donors (Lipinski definition) is 3. The second-order valence-electron chi connectivity index (χ2n) is 5.04. The van der Waals surface area contributed by atoms with E-state index in [1.165, 1.54) is 5.39 Å². The molecule has 0 bridgehead atoms. The second kappa shape index (κ2) is 5.39. The number of H-pyrrole nitrogens is 1. The molecule has 102 valence electrons. The summed E-state index contributed by atoms with van der Waals surface area (Å²) in [4.78, 5) is 3.39. The van der Waals surface area contributed by atoms with Crippen LogP contribution < -0.4 is 5.32 Å². The van der Waals surface area contributed by atoms with E-state index >= 15 is 0 Å². The summed E-state index contributed by atoms with van der Waals surface area (Å²) in [6, 6.07) is 17.9. The van der Waals surface area contributed by atoms with Gasteiger partial charge in [0.2, 0.25) is 0 Å². The van der Waals surface area contributed by atoms with Gasteiger partial charge in [-0.1, -0.05) is 36.4 Å². The fourth-order valence-electron chi connectivity index (χ4n) is 2.46. The van der Waals surface area contributed by atoms with Crippen LogP contribution in [0.4, 0.5) is 0 Å². The van der Waals surface area contributed by atoms with Gasteiger partial charge in [-0.15, -0.1) is 0 Å². The van der Waals surface area contributed by atoms with E-state index in [0.717, 1.165) is 23.3 Å². The van der Waals surface area contributed by atoms with Crippen molar-refractivity contribution in [2.75, 3.05) is 0 Å². The summed E-state index contributed by atoms with van der Waals surface area (Å²) >= 11 is 0. The number of phenols is 1. The molecule has 20 heavy (non-hydrogen) atoms. The zero-order chi connectivity index (χ0) is 13.9. The first-order chi connectivity index (χ1) is 9.74. The molecule has 3 heteroatoms. The van der Waals surface area contributed by atoms with Gasteiger partial charge < -0.3 is 15.4 Å². The van der Waals surface area contributed by atoms with Crippen LogP contribution in [0.15, 0.2) is 54.6 Å². The molecule has 1 atom stereocenters. The van der Waals surface area contributed by atoms with Gasteiger partial charge in [0.1, 0.15) is 5.75 Å². The van der Waals surface area contributed by atoms with Gasteiger partial charge in [0.05, 0.1) is 0 Å². The fourth-order valence-corrected chi connectivity index (χ4v) is 2.46. The smallest absolute Gasteiger partial charge is 0.120 e. The molecule has 3 aromatic rings. The Morgan fingerprint density at radius 2 is 1.85 bits per heavy atom. The van der Waals surface area contributed by atoms with Gasteiger partial charge in [-0.05, 0) is 30.5 Å². The third-order valence-electron chi connectivity index (χ3n) is 3.59. The first-order valence-corrected chi connectivity index (χ1v) is 6.82. The Hall–Kier alpha value is -2.26. The molecule has 3 N–H and O–H groups in total. The Morgan fingerprint density at radius 3 is 2.65 bits per heavy atom. The number of nitrogens with one attached hydrogen (secondary N) is 2. The number of aromatic nitrogens is 1. The van der Waals surface area contributed by atoms with E-state index in [1.54, 1.807) is 6.07 Å². The van der Waals surface area contributed by atoms with E-state index in [-0.39, 0.29) is 6.04 Å². The van der Waals surface area contributed by atoms with Crippen molar-refractivity contribution in [3.63, 3.8) is 0 Å². The topological polar surface area (TPSA) is 48.0 Å². The molecule has 0 saturated carbocycles. The van der Waals surface area contributed by atoms with Gasteiger partial charge >= 0.3 is 0 Å². The predicted octanol–water partition coefficient (Wildman–Crippen LogP) is 3.72. The maximum atomic E-state index is 9.84. The SMILES string of the molecule is CC(NCc1cc2ccccc2[nH]1)c1ccccc1O. The van der Waals surface area contributed by atoms with Crippen LogP contribution in [-0.4, -0.2) is 10.1 Å². The van der Waals surface area contributed by atoms with Gasteiger partial charge in [0, 0.05) is 29.4 Å². The summed E-state index contributed by atoms with van der Waals surface area (Å²) < 4.78 is 0. The number of hydrogen-bond acceptors (Lipinski definition) is 2. The van der Waals surface area contributed by atoms with Crippen LogP contribution in [-0.2, 0) is 6.54 Å². The van der Waals surface area contributed by atoms with Gasteiger partial charge in [-0.3, -0.25) is 0 Å². The minimum absolute atomic E-state index is 0.0996. The Balaban J connectivity index is 1.71. The Morgan fingerprint density at radius 1 is 1.10 bits per heavy atom. The number of aromatic hydroxyl groups is 1. The number of aromatic amines is 1. The minimum Gasteiger partial charge on any atom is -0.508 e. The van der Waals surface area contributed by atoms with Crippen molar-refractivity contribution in [2.45, 2.75) is 19.5 Å².